The van der Waals surface area contributed by atoms with Gasteiger partial charge in [-0.1, -0.05) is 37.3 Å². The van der Waals surface area contributed by atoms with Crippen LogP contribution in [-0.4, -0.2) is 32.5 Å². The number of ether oxygens (including phenoxy) is 2. The molecule has 0 aliphatic rings. The smallest absolute Gasteiger partial charge is 0.340 e. The predicted octanol–water partition coefficient (Wildman–Crippen LogP) is 6.82. The molecule has 0 aliphatic heterocycles. The fraction of sp³-hybridized carbons (Fsp3) is 0.194. The van der Waals surface area contributed by atoms with Gasteiger partial charge in [0.05, 0.1) is 34.4 Å². The summed E-state index contributed by atoms with van der Waals surface area (Å²) in [5, 5.41) is 15.7. The minimum Gasteiger partial charge on any atom is -0.435 e. The Morgan fingerprint density at radius 2 is 1.98 bits per heavy atom. The van der Waals surface area contributed by atoms with E-state index in [-0.39, 0.29) is 23.6 Å². The molecule has 3 aromatic carbocycles. The molecule has 2 atom stereocenters. The van der Waals surface area contributed by atoms with E-state index in [0.717, 1.165) is 23.3 Å². The van der Waals surface area contributed by atoms with E-state index in [9.17, 15) is 9.18 Å². The second kappa shape index (κ2) is 13.2. The molecule has 0 saturated carbocycles. The minimum atomic E-state index is -1.58. The Kier molecular flexibility index (Phi) is 9.21. The summed E-state index contributed by atoms with van der Waals surface area (Å²) in [6.45, 7) is 1.17. The second-order valence-corrected chi connectivity index (χ2v) is 10.8. The zero-order valence-corrected chi connectivity index (χ0v) is 24.4. The zero-order chi connectivity index (χ0) is 30.4. The largest absolute Gasteiger partial charge is 0.435 e. The lowest BCUT2D eigenvalue weighted by atomic mass is 9.81. The molecule has 0 aliphatic carbocycles. The molecule has 0 radical (unpaired) electrons. The number of benzene rings is 3. The van der Waals surface area contributed by atoms with Gasteiger partial charge >= 0.3 is 5.97 Å². The van der Waals surface area contributed by atoms with Crippen LogP contribution in [0, 0.1) is 23.0 Å². The van der Waals surface area contributed by atoms with E-state index in [1.807, 2.05) is 5.38 Å². The molecule has 5 aromatic rings. The fourth-order valence-corrected chi connectivity index (χ4v) is 5.81. The van der Waals surface area contributed by atoms with Gasteiger partial charge in [0.1, 0.15) is 29.9 Å². The number of nitrogens with zero attached hydrogens (tertiary/aromatic N) is 5. The monoisotopic (exact) mass is 619 g/mol. The van der Waals surface area contributed by atoms with Crippen LogP contribution in [0.1, 0.15) is 44.9 Å². The molecule has 0 spiro atoms. The number of hydrogen-bond donors (Lipinski definition) is 0. The lowest BCUT2D eigenvalue weighted by Crippen LogP contribution is -2.42. The second-order valence-electron chi connectivity index (χ2n) is 9.62. The number of carbonyl (C=O) groups excluding carboxylic acids is 1. The molecule has 0 N–H and O–H groups in total. The number of rotatable bonds is 11. The molecule has 43 heavy (non-hydrogen) atoms. The maximum absolute atomic E-state index is 15.6. The lowest BCUT2D eigenvalue weighted by Gasteiger charge is -2.38. The topological polar surface area (TPSA) is 103 Å². The van der Waals surface area contributed by atoms with Gasteiger partial charge in [0.2, 0.25) is 0 Å². The van der Waals surface area contributed by atoms with Gasteiger partial charge in [-0.3, -0.25) is 0 Å². The van der Waals surface area contributed by atoms with Crippen LogP contribution in [0.2, 0.25) is 0 Å². The van der Waals surface area contributed by atoms with Crippen LogP contribution in [0.5, 0.6) is 0 Å². The van der Waals surface area contributed by atoms with Crippen LogP contribution in [0.3, 0.4) is 0 Å². The first kappa shape index (κ1) is 30.0. The van der Waals surface area contributed by atoms with Crippen molar-refractivity contribution in [2.45, 2.75) is 30.9 Å². The maximum atomic E-state index is 15.6. The van der Waals surface area contributed by atoms with Crippen molar-refractivity contribution in [1.29, 1.82) is 5.26 Å². The highest BCUT2D eigenvalue weighted by Crippen LogP contribution is 2.44. The molecule has 0 unspecified atom stereocenters. The molecule has 0 amide bonds. The van der Waals surface area contributed by atoms with Gasteiger partial charge in [-0.2, -0.15) is 10.4 Å². The van der Waals surface area contributed by atoms with Crippen molar-refractivity contribution in [3.8, 4) is 17.3 Å². The van der Waals surface area contributed by atoms with E-state index in [0.29, 0.717) is 16.3 Å². The third-order valence-electron chi connectivity index (χ3n) is 6.98. The maximum Gasteiger partial charge on any atom is 0.340 e. The number of alkyl halides is 1. The molecule has 12 heteroatoms. The minimum absolute atomic E-state index is 0.0206. The lowest BCUT2D eigenvalue weighted by molar-refractivity contribution is -0.148. The van der Waals surface area contributed by atoms with E-state index < -0.39 is 35.9 Å². The van der Waals surface area contributed by atoms with Gasteiger partial charge in [0.25, 0.3) is 0 Å². The Morgan fingerprint density at radius 1 is 1.16 bits per heavy atom. The summed E-state index contributed by atoms with van der Waals surface area (Å²) in [4.78, 5) is 21.7. The first-order valence-electron chi connectivity index (χ1n) is 13.0. The molecular weight excluding hydrogens is 596 g/mol. The highest BCUT2D eigenvalue weighted by atomic mass is 35.5. The summed E-state index contributed by atoms with van der Waals surface area (Å²) in [5.74, 6) is -2.71. The van der Waals surface area contributed by atoms with E-state index in [2.05, 4.69) is 16.2 Å². The summed E-state index contributed by atoms with van der Waals surface area (Å²) in [6.07, 6.45) is 2.77. The number of nitriles is 1. The van der Waals surface area contributed by atoms with Crippen LogP contribution in [-0.2, 0) is 27.5 Å². The van der Waals surface area contributed by atoms with Crippen LogP contribution in [0.4, 0.5) is 8.78 Å². The van der Waals surface area contributed by atoms with Crippen molar-refractivity contribution in [3.63, 3.8) is 0 Å². The molecule has 8 nitrogen and oxygen atoms in total. The van der Waals surface area contributed by atoms with Crippen molar-refractivity contribution >= 4 is 28.9 Å². The van der Waals surface area contributed by atoms with Crippen molar-refractivity contribution in [1.82, 2.24) is 19.7 Å². The molecule has 2 heterocycles. The number of halogens is 3. The van der Waals surface area contributed by atoms with Crippen LogP contribution >= 0.6 is 22.9 Å². The Labute approximate surface area is 255 Å². The normalized spacial score (nSPS) is 13.2. The number of esters is 1. The summed E-state index contributed by atoms with van der Waals surface area (Å²) >= 11 is 7.23. The first-order chi connectivity index (χ1) is 20.8. The predicted molar refractivity (Wildman–Crippen MR) is 156 cm³/mol. The van der Waals surface area contributed by atoms with Gasteiger partial charge in [-0.25, -0.2) is 28.2 Å². The van der Waals surface area contributed by atoms with Crippen LogP contribution in [0.25, 0.3) is 11.3 Å². The average Bonchev–Trinajstić information content (AvgIpc) is 3.73. The Hall–Kier alpha value is -4.50. The first-order valence-corrected chi connectivity index (χ1v) is 14.4. The fourth-order valence-electron chi connectivity index (χ4n) is 4.68. The SMILES string of the molecule is C[C@@H](c1nc(-c2ccc(C#N)cc2)cs1)[C@@](Cn1cncn1)(OCOC(=O)c1cccc(CCl)c1)c1ccc(F)cc1F. The Bertz CT molecular complexity index is 1760. The Balaban J connectivity index is 1.53. The molecule has 0 saturated heterocycles. The van der Waals surface area contributed by atoms with Gasteiger partial charge in [0.15, 0.2) is 6.79 Å². The highest BCUT2D eigenvalue weighted by Gasteiger charge is 2.45. The summed E-state index contributed by atoms with van der Waals surface area (Å²) in [5.41, 5.74) is 1.41. The van der Waals surface area contributed by atoms with Gasteiger partial charge < -0.3 is 9.47 Å². The number of thiazole rings is 1. The van der Waals surface area contributed by atoms with Crippen LogP contribution < -0.4 is 0 Å². The summed E-state index contributed by atoms with van der Waals surface area (Å²) in [6, 6.07) is 18.9. The number of aromatic nitrogens is 4. The average molecular weight is 620 g/mol. The zero-order valence-electron chi connectivity index (χ0n) is 22.8. The van der Waals surface area contributed by atoms with E-state index in [1.54, 1.807) is 55.5 Å². The molecule has 0 fully saturated rings. The molecule has 218 valence electrons. The molecule has 0 bridgehead atoms. The van der Waals surface area contributed by atoms with Crippen LogP contribution in [0.15, 0.2) is 84.8 Å². The summed E-state index contributed by atoms with van der Waals surface area (Å²) in [7, 11) is 0. The van der Waals surface area contributed by atoms with E-state index >= 15 is 4.39 Å². The van der Waals surface area contributed by atoms with Gasteiger partial charge in [-0.05, 0) is 35.9 Å². The van der Waals surface area contributed by atoms with Crippen molar-refractivity contribution < 1.29 is 23.0 Å². The molecule has 5 rings (SSSR count). The highest BCUT2D eigenvalue weighted by molar-refractivity contribution is 7.10. The standard InChI is InChI=1S/C31H24ClF2N5O3S/c1-20(29-38-28(15-43-29)23-7-5-21(14-35)6-8-23)31(16-39-18-36-17-37-39,26-10-9-25(33)12-27(26)34)42-19-41-30(40)24-4-2-3-22(11-24)13-32/h2-12,15,17-18,20H,13,16,19H2,1H3/t20-,31+/m0/s1. The van der Waals surface area contributed by atoms with Crippen molar-refractivity contribution in [3.05, 3.63) is 124 Å². The number of hydrogen-bond acceptors (Lipinski definition) is 8. The van der Waals surface area contributed by atoms with E-state index in [4.69, 9.17) is 31.3 Å². The Morgan fingerprint density at radius 3 is 2.67 bits per heavy atom. The van der Waals surface area contributed by atoms with Gasteiger partial charge in [-0.15, -0.1) is 22.9 Å². The van der Waals surface area contributed by atoms with Gasteiger partial charge in [0, 0.05) is 34.4 Å². The quantitative estimate of drug-likeness (QED) is 0.0908. The molecule has 2 aromatic heterocycles. The third kappa shape index (κ3) is 6.62. The van der Waals surface area contributed by atoms with Crippen molar-refractivity contribution in [2.75, 3.05) is 6.79 Å². The van der Waals surface area contributed by atoms with E-state index in [1.165, 1.54) is 34.7 Å². The summed E-state index contributed by atoms with van der Waals surface area (Å²) < 4.78 is 42.9. The van der Waals surface area contributed by atoms with Crippen molar-refractivity contribution in [2.24, 2.45) is 0 Å². The number of carbonyl (C=O) groups is 1. The molecular formula is C31H24ClF2N5O3S. The third-order valence-corrected chi connectivity index (χ3v) is 8.31.